The monoisotopic (exact) mass is 435 g/mol. The van der Waals surface area contributed by atoms with E-state index in [1.807, 2.05) is 18.2 Å². The molecule has 0 radical (unpaired) electrons. The van der Waals surface area contributed by atoms with E-state index in [1.165, 1.54) is 9.78 Å². The zero-order chi connectivity index (χ0) is 21.8. The Morgan fingerprint density at radius 1 is 1.16 bits per heavy atom. The first-order valence-corrected chi connectivity index (χ1v) is 11.0. The zero-order valence-electron chi connectivity index (χ0n) is 17.7. The number of benzene rings is 1. The van der Waals surface area contributed by atoms with Gasteiger partial charge in [0, 0.05) is 44.3 Å². The molecule has 6 nitrogen and oxygen atoms in total. The normalized spacial score (nSPS) is 18.6. The summed E-state index contributed by atoms with van der Waals surface area (Å²) in [6.07, 6.45) is 3.58. The molecule has 0 bridgehead atoms. The van der Waals surface area contributed by atoms with E-state index in [2.05, 4.69) is 28.6 Å². The Balaban J connectivity index is 1.59. The van der Waals surface area contributed by atoms with Crippen LogP contribution in [0.1, 0.15) is 15.9 Å². The Bertz CT molecular complexity index is 1040. The molecule has 0 saturated carbocycles. The van der Waals surface area contributed by atoms with Gasteiger partial charge in [-0.3, -0.25) is 14.6 Å². The Hall–Kier alpha value is -3.03. The van der Waals surface area contributed by atoms with Crippen molar-refractivity contribution in [2.45, 2.75) is 12.0 Å². The van der Waals surface area contributed by atoms with E-state index in [0.29, 0.717) is 25.1 Å². The van der Waals surface area contributed by atoms with Crippen molar-refractivity contribution in [3.05, 3.63) is 77.4 Å². The van der Waals surface area contributed by atoms with Gasteiger partial charge in [0.25, 0.3) is 11.8 Å². The molecule has 0 spiro atoms. The fourth-order valence-corrected chi connectivity index (χ4v) is 4.64. The lowest BCUT2D eigenvalue weighted by Gasteiger charge is -2.42. The van der Waals surface area contributed by atoms with Crippen LogP contribution >= 0.6 is 11.3 Å². The summed E-state index contributed by atoms with van der Waals surface area (Å²) in [5.74, 6) is -0.279. The number of carbonyl (C=O) groups is 2. The minimum atomic E-state index is -1.12. The van der Waals surface area contributed by atoms with Crippen LogP contribution in [0.3, 0.4) is 0 Å². The van der Waals surface area contributed by atoms with Crippen LogP contribution in [0.4, 0.5) is 0 Å². The number of nitrogens with zero attached hydrogens (tertiary/aromatic N) is 3. The molecule has 1 aromatic carbocycles. The summed E-state index contributed by atoms with van der Waals surface area (Å²) < 4.78 is 6.11. The topological polar surface area (TPSA) is 62.7 Å². The number of hydrogen-bond acceptors (Lipinski definition) is 5. The summed E-state index contributed by atoms with van der Waals surface area (Å²) in [5.41, 5.74) is 1.52. The first kappa shape index (κ1) is 21.2. The number of rotatable bonds is 5. The van der Waals surface area contributed by atoms with Gasteiger partial charge in [0.2, 0.25) is 0 Å². The molecule has 0 unspecified atom stereocenters. The van der Waals surface area contributed by atoms with Crippen molar-refractivity contribution in [3.63, 3.8) is 0 Å². The van der Waals surface area contributed by atoms with Crippen LogP contribution < -0.4 is 0 Å². The fourth-order valence-electron chi connectivity index (χ4n) is 3.91. The maximum Gasteiger partial charge on any atom is 0.256 e. The van der Waals surface area contributed by atoms with E-state index < -0.39 is 5.60 Å². The molecule has 2 amide bonds. The van der Waals surface area contributed by atoms with Gasteiger partial charge >= 0.3 is 0 Å². The van der Waals surface area contributed by atoms with E-state index >= 15 is 0 Å². The highest BCUT2D eigenvalue weighted by atomic mass is 32.1. The van der Waals surface area contributed by atoms with Gasteiger partial charge in [0.05, 0.1) is 18.7 Å². The molecule has 1 aliphatic heterocycles. The van der Waals surface area contributed by atoms with Crippen LogP contribution in [0.15, 0.2) is 66.3 Å². The third kappa shape index (κ3) is 4.52. The Labute approximate surface area is 186 Å². The molecule has 1 fully saturated rings. The molecule has 4 rings (SSSR count). The predicted molar refractivity (Wildman–Crippen MR) is 121 cm³/mol. The standard InChI is InChI=1S/C24H25N3O3S/c1-26(2)23(29)24(15-18-7-9-19(10-8-18)21-6-4-14-31-21)17-27(12-13-30-24)22(28)20-5-3-11-25-16-20/h3-11,14,16H,12-13,15,17H2,1-2H3/t24-/m0/s1. The van der Waals surface area contributed by atoms with Crippen LogP contribution in [0.25, 0.3) is 10.4 Å². The maximum absolute atomic E-state index is 13.2. The van der Waals surface area contributed by atoms with E-state index in [1.54, 1.807) is 54.9 Å². The molecular formula is C24H25N3O3S. The van der Waals surface area contributed by atoms with Crippen LogP contribution in [0.5, 0.6) is 0 Å². The van der Waals surface area contributed by atoms with Gasteiger partial charge in [0.1, 0.15) is 0 Å². The van der Waals surface area contributed by atoms with Gasteiger partial charge in [-0.05, 0) is 34.7 Å². The number of ether oxygens (including phenoxy) is 1. The number of morpholine rings is 1. The average Bonchev–Trinajstić information content (AvgIpc) is 3.34. The Morgan fingerprint density at radius 2 is 1.97 bits per heavy atom. The molecule has 0 N–H and O–H groups in total. The molecule has 160 valence electrons. The second-order valence-corrected chi connectivity index (χ2v) is 8.81. The quantitative estimate of drug-likeness (QED) is 0.617. The fraction of sp³-hybridized carbons (Fsp3) is 0.292. The van der Waals surface area contributed by atoms with Crippen molar-refractivity contribution >= 4 is 23.2 Å². The van der Waals surface area contributed by atoms with Gasteiger partial charge in [-0.15, -0.1) is 11.3 Å². The number of thiophene rings is 1. The first-order valence-electron chi connectivity index (χ1n) is 10.2. The van der Waals surface area contributed by atoms with E-state index in [9.17, 15) is 9.59 Å². The largest absolute Gasteiger partial charge is 0.361 e. The minimum absolute atomic E-state index is 0.139. The molecule has 3 heterocycles. The highest BCUT2D eigenvalue weighted by molar-refractivity contribution is 7.13. The van der Waals surface area contributed by atoms with Gasteiger partial charge in [-0.2, -0.15) is 0 Å². The van der Waals surface area contributed by atoms with Crippen molar-refractivity contribution in [2.75, 3.05) is 33.8 Å². The van der Waals surface area contributed by atoms with Gasteiger partial charge in [-0.1, -0.05) is 30.3 Å². The second-order valence-electron chi connectivity index (χ2n) is 7.86. The maximum atomic E-state index is 13.2. The van der Waals surface area contributed by atoms with Crippen molar-refractivity contribution in [2.24, 2.45) is 0 Å². The number of aromatic nitrogens is 1. The summed E-state index contributed by atoms with van der Waals surface area (Å²) in [5, 5.41) is 2.05. The lowest BCUT2D eigenvalue weighted by Crippen LogP contribution is -2.61. The molecule has 0 aliphatic carbocycles. The summed E-state index contributed by atoms with van der Waals surface area (Å²) in [6.45, 7) is 0.941. The highest BCUT2D eigenvalue weighted by Crippen LogP contribution is 2.29. The van der Waals surface area contributed by atoms with E-state index in [4.69, 9.17) is 4.74 Å². The van der Waals surface area contributed by atoms with Crippen LogP contribution in [0, 0.1) is 0 Å². The van der Waals surface area contributed by atoms with Gasteiger partial charge in [-0.25, -0.2) is 0 Å². The van der Waals surface area contributed by atoms with E-state index in [-0.39, 0.29) is 18.4 Å². The molecule has 1 saturated heterocycles. The molecule has 1 atom stereocenters. The van der Waals surface area contributed by atoms with Crippen LogP contribution in [-0.2, 0) is 16.0 Å². The number of pyridine rings is 1. The van der Waals surface area contributed by atoms with Crippen LogP contribution in [0.2, 0.25) is 0 Å². The van der Waals surface area contributed by atoms with Gasteiger partial charge < -0.3 is 14.5 Å². The number of amides is 2. The Kier molecular flexibility index (Phi) is 6.15. The summed E-state index contributed by atoms with van der Waals surface area (Å²) in [4.78, 5) is 34.7. The average molecular weight is 436 g/mol. The summed E-state index contributed by atoms with van der Waals surface area (Å²) in [6, 6.07) is 15.8. The van der Waals surface area contributed by atoms with E-state index in [0.717, 1.165) is 11.1 Å². The zero-order valence-corrected chi connectivity index (χ0v) is 18.5. The predicted octanol–water partition coefficient (Wildman–Crippen LogP) is 3.35. The van der Waals surface area contributed by atoms with Crippen LogP contribution in [-0.4, -0.2) is 66.0 Å². The SMILES string of the molecule is CN(C)C(=O)[C@]1(Cc2ccc(-c3cccs3)cc2)CN(C(=O)c2cccnc2)CCO1. The lowest BCUT2D eigenvalue weighted by atomic mass is 9.90. The summed E-state index contributed by atoms with van der Waals surface area (Å²) in [7, 11) is 3.43. The lowest BCUT2D eigenvalue weighted by molar-refractivity contribution is -0.165. The first-order chi connectivity index (χ1) is 15.0. The Morgan fingerprint density at radius 3 is 2.61 bits per heavy atom. The molecule has 2 aromatic heterocycles. The second kappa shape index (κ2) is 8.99. The molecule has 1 aliphatic rings. The highest BCUT2D eigenvalue weighted by Gasteiger charge is 2.46. The molecule has 3 aromatic rings. The van der Waals surface area contributed by atoms with Crippen molar-refractivity contribution in [1.82, 2.24) is 14.8 Å². The van der Waals surface area contributed by atoms with Crippen molar-refractivity contribution < 1.29 is 14.3 Å². The van der Waals surface area contributed by atoms with Crippen molar-refractivity contribution in [3.8, 4) is 10.4 Å². The number of hydrogen-bond donors (Lipinski definition) is 0. The smallest absolute Gasteiger partial charge is 0.256 e. The molecule has 7 heteroatoms. The van der Waals surface area contributed by atoms with Crippen molar-refractivity contribution in [1.29, 1.82) is 0 Å². The minimum Gasteiger partial charge on any atom is -0.361 e. The summed E-state index contributed by atoms with van der Waals surface area (Å²) >= 11 is 1.69. The third-order valence-electron chi connectivity index (χ3n) is 5.43. The molecule has 31 heavy (non-hydrogen) atoms. The molecular weight excluding hydrogens is 410 g/mol. The number of likely N-dealkylation sites (N-methyl/N-ethyl adjacent to an activating group) is 1. The van der Waals surface area contributed by atoms with Gasteiger partial charge in [0.15, 0.2) is 5.60 Å². The number of carbonyl (C=O) groups excluding carboxylic acids is 2. The third-order valence-corrected chi connectivity index (χ3v) is 6.35.